The summed E-state index contributed by atoms with van der Waals surface area (Å²) in [5.74, 6) is 2.00. The molecule has 1 heterocycles. The van der Waals surface area contributed by atoms with Crippen LogP contribution in [0, 0.1) is 19.8 Å². The molecule has 2 rings (SSSR count). The van der Waals surface area contributed by atoms with Gasteiger partial charge in [-0.25, -0.2) is 0 Å². The number of hydrogen-bond acceptors (Lipinski definition) is 0. The number of aryl methyl sites for hydroxylation is 2. The van der Waals surface area contributed by atoms with Gasteiger partial charge in [-0.1, -0.05) is 19.9 Å². The maximum atomic E-state index is 6.06. The van der Waals surface area contributed by atoms with Gasteiger partial charge in [-0.05, 0) is 42.5 Å². The summed E-state index contributed by atoms with van der Waals surface area (Å²) >= 11 is 6.06. The molecular weight excluding hydrogens is 230 g/mol. The van der Waals surface area contributed by atoms with Gasteiger partial charge in [0.2, 0.25) is 0 Å². The standard InChI is InChI=1S/C15H19ClN/c1-10(2)9-17-6-5-13-14(8-16)11(3)7-12(4)15(13)17/h5-7H,8-9H2,1-4H3. The number of nitrogens with zero attached hydrogens (tertiary/aromatic N) is 1. The Morgan fingerprint density at radius 3 is 2.53 bits per heavy atom. The van der Waals surface area contributed by atoms with Crippen molar-refractivity contribution >= 4 is 22.5 Å². The highest BCUT2D eigenvalue weighted by molar-refractivity contribution is 6.18. The second-order valence-corrected chi connectivity index (χ2v) is 5.30. The van der Waals surface area contributed by atoms with E-state index in [0.717, 1.165) is 6.54 Å². The first-order valence-corrected chi connectivity index (χ1v) is 6.51. The van der Waals surface area contributed by atoms with E-state index >= 15 is 0 Å². The Morgan fingerprint density at radius 1 is 1.24 bits per heavy atom. The van der Waals surface area contributed by atoms with Crippen molar-refractivity contribution in [3.8, 4) is 0 Å². The summed E-state index contributed by atoms with van der Waals surface area (Å²) in [7, 11) is 0. The fraction of sp³-hybridized carbons (Fsp3) is 0.400. The SMILES string of the molecule is C[C](C)Cn1ccc2c(CCl)c(C)cc(C)c21. The van der Waals surface area contributed by atoms with Crippen LogP contribution in [0.3, 0.4) is 0 Å². The van der Waals surface area contributed by atoms with Crippen molar-refractivity contribution in [3.05, 3.63) is 40.9 Å². The molecule has 2 aromatic rings. The average Bonchev–Trinajstić information content (AvgIpc) is 2.61. The van der Waals surface area contributed by atoms with Gasteiger partial charge in [0.25, 0.3) is 0 Å². The number of fused-ring (bicyclic) bond motifs is 1. The van der Waals surface area contributed by atoms with Crippen LogP contribution < -0.4 is 0 Å². The molecule has 1 aromatic heterocycles. The number of aromatic nitrogens is 1. The van der Waals surface area contributed by atoms with Crippen LogP contribution in [0.25, 0.3) is 10.9 Å². The van der Waals surface area contributed by atoms with Gasteiger partial charge in [0, 0.05) is 24.0 Å². The normalized spacial score (nSPS) is 11.6. The Morgan fingerprint density at radius 2 is 1.94 bits per heavy atom. The van der Waals surface area contributed by atoms with Gasteiger partial charge >= 0.3 is 0 Å². The molecule has 1 nitrogen and oxygen atoms in total. The van der Waals surface area contributed by atoms with Crippen molar-refractivity contribution in [2.45, 2.75) is 40.1 Å². The molecule has 0 unspecified atom stereocenters. The third-order valence-electron chi connectivity index (χ3n) is 3.19. The van der Waals surface area contributed by atoms with Crippen LogP contribution in [0.15, 0.2) is 18.3 Å². The van der Waals surface area contributed by atoms with Crippen molar-refractivity contribution in [2.24, 2.45) is 0 Å². The third-order valence-corrected chi connectivity index (χ3v) is 3.46. The van der Waals surface area contributed by atoms with E-state index in [4.69, 9.17) is 11.6 Å². The van der Waals surface area contributed by atoms with Crippen LogP contribution in [0.4, 0.5) is 0 Å². The fourth-order valence-electron chi connectivity index (χ4n) is 2.50. The first-order chi connectivity index (χ1) is 8.04. The van der Waals surface area contributed by atoms with Crippen molar-refractivity contribution in [2.75, 3.05) is 0 Å². The second kappa shape index (κ2) is 4.73. The molecule has 0 aliphatic rings. The van der Waals surface area contributed by atoms with Crippen molar-refractivity contribution in [3.63, 3.8) is 0 Å². The van der Waals surface area contributed by atoms with Crippen LogP contribution >= 0.6 is 11.6 Å². The molecule has 91 valence electrons. The Bertz CT molecular complexity index is 537. The average molecular weight is 249 g/mol. The Labute approximate surface area is 108 Å². The molecule has 0 bridgehead atoms. The van der Waals surface area contributed by atoms with Crippen LogP contribution in [0.1, 0.15) is 30.5 Å². The van der Waals surface area contributed by atoms with E-state index in [-0.39, 0.29) is 0 Å². The van der Waals surface area contributed by atoms with E-state index in [0.29, 0.717) is 5.88 Å². The van der Waals surface area contributed by atoms with Gasteiger partial charge in [-0.3, -0.25) is 0 Å². The zero-order chi connectivity index (χ0) is 12.6. The minimum atomic E-state index is 0.585. The van der Waals surface area contributed by atoms with E-state index in [1.807, 2.05) is 0 Å². The Hall–Kier alpha value is -0.950. The third kappa shape index (κ3) is 2.21. The highest BCUT2D eigenvalue weighted by atomic mass is 35.5. The maximum absolute atomic E-state index is 6.06. The second-order valence-electron chi connectivity index (χ2n) is 5.04. The summed E-state index contributed by atoms with van der Waals surface area (Å²) in [6, 6.07) is 4.43. The number of rotatable bonds is 3. The predicted octanol–water partition coefficient (Wildman–Crippen LogP) is 4.61. The summed E-state index contributed by atoms with van der Waals surface area (Å²) in [6.45, 7) is 9.62. The number of benzene rings is 1. The lowest BCUT2D eigenvalue weighted by Gasteiger charge is -2.12. The van der Waals surface area contributed by atoms with E-state index in [9.17, 15) is 0 Å². The number of alkyl halides is 1. The van der Waals surface area contributed by atoms with Crippen LogP contribution in [-0.2, 0) is 12.4 Å². The largest absolute Gasteiger partial charge is 0.347 e. The number of halogens is 1. The highest BCUT2D eigenvalue weighted by Gasteiger charge is 2.11. The molecule has 1 radical (unpaired) electrons. The van der Waals surface area contributed by atoms with E-state index in [1.54, 1.807) is 0 Å². The lowest BCUT2D eigenvalue weighted by Crippen LogP contribution is -2.02. The number of hydrogen-bond donors (Lipinski definition) is 0. The Kier molecular flexibility index (Phi) is 3.48. The molecule has 0 aliphatic heterocycles. The molecule has 0 saturated heterocycles. The molecule has 2 heteroatoms. The summed E-state index contributed by atoms with van der Waals surface area (Å²) in [5, 5.41) is 1.30. The summed E-state index contributed by atoms with van der Waals surface area (Å²) < 4.78 is 2.31. The van der Waals surface area contributed by atoms with Crippen molar-refractivity contribution in [1.82, 2.24) is 4.57 Å². The van der Waals surface area contributed by atoms with Gasteiger partial charge in [-0.2, -0.15) is 0 Å². The quantitative estimate of drug-likeness (QED) is 0.699. The monoisotopic (exact) mass is 248 g/mol. The summed E-state index contributed by atoms with van der Waals surface area (Å²) in [5.41, 5.74) is 5.21. The van der Waals surface area contributed by atoms with E-state index in [2.05, 4.69) is 50.6 Å². The summed E-state index contributed by atoms with van der Waals surface area (Å²) in [6.07, 6.45) is 2.17. The zero-order valence-corrected chi connectivity index (χ0v) is 11.7. The summed E-state index contributed by atoms with van der Waals surface area (Å²) in [4.78, 5) is 0. The maximum Gasteiger partial charge on any atom is 0.0513 e. The van der Waals surface area contributed by atoms with Gasteiger partial charge in [-0.15, -0.1) is 11.6 Å². The molecule has 17 heavy (non-hydrogen) atoms. The van der Waals surface area contributed by atoms with Crippen molar-refractivity contribution in [1.29, 1.82) is 0 Å². The van der Waals surface area contributed by atoms with Gasteiger partial charge in [0.05, 0.1) is 5.52 Å². The molecule has 0 saturated carbocycles. The molecule has 0 spiro atoms. The molecule has 0 amide bonds. The molecule has 0 fully saturated rings. The molecular formula is C15H19ClN. The minimum Gasteiger partial charge on any atom is -0.347 e. The molecule has 0 N–H and O–H groups in total. The van der Waals surface area contributed by atoms with Gasteiger partial charge < -0.3 is 4.57 Å². The zero-order valence-electron chi connectivity index (χ0n) is 11.0. The van der Waals surface area contributed by atoms with E-state index in [1.165, 1.54) is 33.5 Å². The van der Waals surface area contributed by atoms with Crippen LogP contribution in [0.2, 0.25) is 0 Å². The lowest BCUT2D eigenvalue weighted by molar-refractivity contribution is 0.736. The van der Waals surface area contributed by atoms with Crippen LogP contribution in [-0.4, -0.2) is 4.57 Å². The fourth-order valence-corrected chi connectivity index (χ4v) is 2.85. The minimum absolute atomic E-state index is 0.585. The topological polar surface area (TPSA) is 4.93 Å². The highest BCUT2D eigenvalue weighted by Crippen LogP contribution is 2.28. The van der Waals surface area contributed by atoms with Gasteiger partial charge in [0.1, 0.15) is 0 Å². The van der Waals surface area contributed by atoms with Gasteiger partial charge in [0.15, 0.2) is 0 Å². The first-order valence-electron chi connectivity index (χ1n) is 5.97. The predicted molar refractivity (Wildman–Crippen MR) is 75.6 cm³/mol. The Balaban J connectivity index is 2.68. The van der Waals surface area contributed by atoms with E-state index < -0.39 is 0 Å². The smallest absolute Gasteiger partial charge is 0.0513 e. The first kappa shape index (κ1) is 12.5. The van der Waals surface area contributed by atoms with Crippen molar-refractivity contribution < 1.29 is 0 Å². The molecule has 0 atom stereocenters. The molecule has 1 aromatic carbocycles. The van der Waals surface area contributed by atoms with Crippen LogP contribution in [0.5, 0.6) is 0 Å². The molecule has 0 aliphatic carbocycles. The lowest BCUT2D eigenvalue weighted by atomic mass is 10.0.